The van der Waals surface area contributed by atoms with Crippen LogP contribution >= 0.6 is 0 Å². The zero-order valence-electron chi connectivity index (χ0n) is 13.7. The molecule has 3 nitrogen and oxygen atoms in total. The van der Waals surface area contributed by atoms with Crippen LogP contribution in [0.3, 0.4) is 0 Å². The summed E-state index contributed by atoms with van der Waals surface area (Å²) in [5.41, 5.74) is 1.13. The van der Waals surface area contributed by atoms with Gasteiger partial charge < -0.3 is 9.88 Å². The first-order valence-corrected chi connectivity index (χ1v) is 8.38. The van der Waals surface area contributed by atoms with E-state index in [2.05, 4.69) is 43.8 Å². The van der Waals surface area contributed by atoms with Gasteiger partial charge in [0.05, 0.1) is 5.69 Å². The first-order chi connectivity index (χ1) is 9.56. The standard InChI is InChI=1S/C17H31N3/c1-13(2)8-7-9-14(3)18-17-19-15(4)12-20(17)16-10-5-6-11-16/h12-14,16H,5-11H2,1-4H3,(H,18,19). The second-order valence-electron chi connectivity index (χ2n) is 6.92. The van der Waals surface area contributed by atoms with E-state index in [4.69, 9.17) is 4.98 Å². The van der Waals surface area contributed by atoms with Crippen molar-refractivity contribution >= 4 is 5.95 Å². The Bertz CT molecular complexity index is 402. The zero-order chi connectivity index (χ0) is 14.5. The van der Waals surface area contributed by atoms with Crippen molar-refractivity contribution in [2.45, 2.75) is 84.7 Å². The molecule has 0 spiro atoms. The van der Waals surface area contributed by atoms with Crippen molar-refractivity contribution in [2.75, 3.05) is 5.32 Å². The van der Waals surface area contributed by atoms with Crippen LogP contribution in [0.1, 0.15) is 77.5 Å². The summed E-state index contributed by atoms with van der Waals surface area (Å²) >= 11 is 0. The lowest BCUT2D eigenvalue weighted by Gasteiger charge is -2.19. The second-order valence-corrected chi connectivity index (χ2v) is 6.92. The third-order valence-electron chi connectivity index (χ3n) is 4.36. The molecule has 1 aromatic heterocycles. The van der Waals surface area contributed by atoms with Crippen molar-refractivity contribution in [3.63, 3.8) is 0 Å². The minimum absolute atomic E-state index is 0.510. The fourth-order valence-corrected chi connectivity index (χ4v) is 3.21. The van der Waals surface area contributed by atoms with E-state index in [1.165, 1.54) is 44.9 Å². The SMILES string of the molecule is Cc1cn(C2CCCC2)c(NC(C)CCCC(C)C)n1. The topological polar surface area (TPSA) is 29.9 Å². The summed E-state index contributed by atoms with van der Waals surface area (Å²) in [4.78, 5) is 4.69. The molecule has 1 aliphatic rings. The summed E-state index contributed by atoms with van der Waals surface area (Å²) in [6.07, 6.45) is 11.4. The Kier molecular flexibility index (Phi) is 5.50. The first kappa shape index (κ1) is 15.4. The molecule has 1 atom stereocenters. The van der Waals surface area contributed by atoms with Gasteiger partial charge >= 0.3 is 0 Å². The molecular weight excluding hydrogens is 246 g/mol. The molecule has 1 saturated carbocycles. The lowest BCUT2D eigenvalue weighted by atomic mass is 10.0. The van der Waals surface area contributed by atoms with Crippen LogP contribution < -0.4 is 5.32 Å². The predicted molar refractivity (Wildman–Crippen MR) is 86.2 cm³/mol. The fourth-order valence-electron chi connectivity index (χ4n) is 3.21. The van der Waals surface area contributed by atoms with Gasteiger partial charge in [-0.15, -0.1) is 0 Å². The van der Waals surface area contributed by atoms with E-state index < -0.39 is 0 Å². The Morgan fingerprint density at radius 2 is 1.95 bits per heavy atom. The number of aryl methyl sites for hydroxylation is 1. The largest absolute Gasteiger partial charge is 0.353 e. The number of anilines is 1. The Morgan fingerprint density at radius 1 is 1.25 bits per heavy atom. The van der Waals surface area contributed by atoms with Crippen LogP contribution in [0.4, 0.5) is 5.95 Å². The van der Waals surface area contributed by atoms with E-state index in [0.29, 0.717) is 12.1 Å². The molecule has 1 aromatic rings. The van der Waals surface area contributed by atoms with E-state index in [-0.39, 0.29) is 0 Å². The van der Waals surface area contributed by atoms with E-state index >= 15 is 0 Å². The van der Waals surface area contributed by atoms with E-state index in [1.54, 1.807) is 0 Å². The molecule has 1 heterocycles. The zero-order valence-corrected chi connectivity index (χ0v) is 13.7. The van der Waals surface area contributed by atoms with Crippen molar-refractivity contribution in [3.8, 4) is 0 Å². The third kappa shape index (κ3) is 4.26. The molecule has 0 saturated heterocycles. The first-order valence-electron chi connectivity index (χ1n) is 8.38. The Balaban J connectivity index is 1.91. The molecule has 1 aliphatic carbocycles. The molecule has 1 N–H and O–H groups in total. The number of nitrogens with zero attached hydrogens (tertiary/aromatic N) is 2. The molecule has 3 heteroatoms. The maximum atomic E-state index is 4.69. The maximum absolute atomic E-state index is 4.69. The van der Waals surface area contributed by atoms with Crippen molar-refractivity contribution in [1.82, 2.24) is 9.55 Å². The lowest BCUT2D eigenvalue weighted by molar-refractivity contribution is 0.505. The van der Waals surface area contributed by atoms with E-state index in [9.17, 15) is 0 Å². The summed E-state index contributed by atoms with van der Waals surface area (Å²) in [7, 11) is 0. The third-order valence-corrected chi connectivity index (χ3v) is 4.36. The van der Waals surface area contributed by atoms with E-state index in [0.717, 1.165) is 17.6 Å². The van der Waals surface area contributed by atoms with Gasteiger partial charge in [-0.3, -0.25) is 0 Å². The maximum Gasteiger partial charge on any atom is 0.203 e. The molecule has 0 amide bonds. The van der Waals surface area contributed by atoms with Crippen LogP contribution in [0.2, 0.25) is 0 Å². The van der Waals surface area contributed by atoms with Gasteiger partial charge in [-0.2, -0.15) is 0 Å². The molecule has 0 aliphatic heterocycles. The summed E-state index contributed by atoms with van der Waals surface area (Å²) in [6.45, 7) is 8.98. The van der Waals surface area contributed by atoms with Gasteiger partial charge in [0.25, 0.3) is 0 Å². The van der Waals surface area contributed by atoms with Crippen LogP contribution in [-0.2, 0) is 0 Å². The molecule has 1 unspecified atom stereocenters. The predicted octanol–water partition coefficient (Wildman–Crippen LogP) is 4.93. The molecular formula is C17H31N3. The average molecular weight is 277 g/mol. The molecule has 2 rings (SSSR count). The van der Waals surface area contributed by atoms with Crippen molar-refractivity contribution in [2.24, 2.45) is 5.92 Å². The molecule has 0 aromatic carbocycles. The van der Waals surface area contributed by atoms with Crippen LogP contribution in [0.5, 0.6) is 0 Å². The van der Waals surface area contributed by atoms with Gasteiger partial charge in [0.2, 0.25) is 5.95 Å². The van der Waals surface area contributed by atoms with E-state index in [1.807, 2.05) is 0 Å². The Labute approximate surface area is 124 Å². The number of nitrogens with one attached hydrogen (secondary N) is 1. The number of hydrogen-bond donors (Lipinski definition) is 1. The monoisotopic (exact) mass is 277 g/mol. The van der Waals surface area contributed by atoms with Gasteiger partial charge in [-0.1, -0.05) is 39.5 Å². The Morgan fingerprint density at radius 3 is 2.60 bits per heavy atom. The van der Waals surface area contributed by atoms with Crippen LogP contribution in [0, 0.1) is 12.8 Å². The van der Waals surface area contributed by atoms with Gasteiger partial charge in [-0.05, 0) is 39.0 Å². The Hall–Kier alpha value is -0.990. The lowest BCUT2D eigenvalue weighted by Crippen LogP contribution is -2.19. The summed E-state index contributed by atoms with van der Waals surface area (Å²) in [6, 6.07) is 1.18. The molecule has 1 fully saturated rings. The number of rotatable bonds is 7. The minimum atomic E-state index is 0.510. The van der Waals surface area contributed by atoms with Crippen LogP contribution in [0.25, 0.3) is 0 Å². The van der Waals surface area contributed by atoms with Crippen molar-refractivity contribution < 1.29 is 0 Å². The van der Waals surface area contributed by atoms with Gasteiger partial charge in [0.1, 0.15) is 0 Å². The summed E-state index contributed by atoms with van der Waals surface area (Å²) < 4.78 is 2.39. The molecule has 114 valence electrons. The summed E-state index contributed by atoms with van der Waals surface area (Å²) in [5, 5.41) is 3.63. The number of aromatic nitrogens is 2. The average Bonchev–Trinajstić information content (AvgIpc) is 2.98. The van der Waals surface area contributed by atoms with Gasteiger partial charge in [-0.25, -0.2) is 4.98 Å². The quantitative estimate of drug-likeness (QED) is 0.765. The van der Waals surface area contributed by atoms with Crippen molar-refractivity contribution in [3.05, 3.63) is 11.9 Å². The van der Waals surface area contributed by atoms with Crippen molar-refractivity contribution in [1.29, 1.82) is 0 Å². The normalized spacial score (nSPS) is 17.9. The van der Waals surface area contributed by atoms with Gasteiger partial charge in [0.15, 0.2) is 0 Å². The fraction of sp³-hybridized carbons (Fsp3) is 0.824. The molecule has 0 bridgehead atoms. The highest BCUT2D eigenvalue weighted by atomic mass is 15.2. The number of hydrogen-bond acceptors (Lipinski definition) is 2. The van der Waals surface area contributed by atoms with Crippen LogP contribution in [-0.4, -0.2) is 15.6 Å². The summed E-state index contributed by atoms with van der Waals surface area (Å²) in [5.74, 6) is 1.90. The molecule has 20 heavy (non-hydrogen) atoms. The highest BCUT2D eigenvalue weighted by molar-refractivity contribution is 5.31. The number of imidazole rings is 1. The van der Waals surface area contributed by atoms with Gasteiger partial charge in [0, 0.05) is 18.3 Å². The smallest absolute Gasteiger partial charge is 0.203 e. The highest BCUT2D eigenvalue weighted by Gasteiger charge is 2.20. The molecule has 0 radical (unpaired) electrons. The highest BCUT2D eigenvalue weighted by Crippen LogP contribution is 2.32. The van der Waals surface area contributed by atoms with Crippen LogP contribution in [0.15, 0.2) is 6.20 Å². The minimum Gasteiger partial charge on any atom is -0.353 e. The second kappa shape index (κ2) is 7.14.